The predicted molar refractivity (Wildman–Crippen MR) is 119 cm³/mol. The number of furan rings is 1. The third-order valence-electron chi connectivity index (χ3n) is 5.31. The first kappa shape index (κ1) is 18.2. The zero-order valence-corrected chi connectivity index (χ0v) is 16.8. The molecular weight excluding hydrogens is 376 g/mol. The van der Waals surface area contributed by atoms with Gasteiger partial charge in [0.1, 0.15) is 11.1 Å². The van der Waals surface area contributed by atoms with Gasteiger partial charge in [0.25, 0.3) is 0 Å². The van der Waals surface area contributed by atoms with E-state index in [1.807, 2.05) is 86.6 Å². The van der Waals surface area contributed by atoms with Crippen LogP contribution >= 0.6 is 0 Å². The van der Waals surface area contributed by atoms with Gasteiger partial charge in [0.15, 0.2) is 0 Å². The summed E-state index contributed by atoms with van der Waals surface area (Å²) in [4.78, 5) is 27.1. The van der Waals surface area contributed by atoms with E-state index in [-0.39, 0.29) is 11.3 Å². The zero-order valence-electron chi connectivity index (χ0n) is 16.8. The summed E-state index contributed by atoms with van der Waals surface area (Å²) >= 11 is 0. The van der Waals surface area contributed by atoms with Gasteiger partial charge in [-0.2, -0.15) is 0 Å². The minimum Gasteiger partial charge on any atom is -0.449 e. The molecule has 0 spiro atoms. The zero-order chi connectivity index (χ0) is 20.8. The molecule has 5 aromatic rings. The van der Waals surface area contributed by atoms with Crippen LogP contribution in [0.3, 0.4) is 0 Å². The van der Waals surface area contributed by atoms with Gasteiger partial charge >= 0.3 is 11.2 Å². The van der Waals surface area contributed by atoms with Crippen LogP contribution in [0.15, 0.2) is 86.8 Å². The average Bonchev–Trinajstić information content (AvgIpc) is 3.11. The number of hydrogen-bond donors (Lipinski definition) is 0. The minimum absolute atomic E-state index is 0.186. The Morgan fingerprint density at radius 3 is 2.23 bits per heavy atom. The number of nitrogens with zero attached hydrogens (tertiary/aromatic N) is 2. The number of fused-ring (bicyclic) bond motifs is 3. The Bertz CT molecular complexity index is 1500. The van der Waals surface area contributed by atoms with Crippen LogP contribution in [0.1, 0.15) is 16.7 Å². The first-order valence-corrected chi connectivity index (χ1v) is 9.82. The molecule has 0 amide bonds. The largest absolute Gasteiger partial charge is 0.449 e. The maximum absolute atomic E-state index is 13.7. The van der Waals surface area contributed by atoms with E-state index in [0.29, 0.717) is 23.3 Å². The van der Waals surface area contributed by atoms with Crippen LogP contribution < -0.4 is 11.2 Å². The normalized spacial score (nSPS) is 11.4. The van der Waals surface area contributed by atoms with Crippen LogP contribution in [-0.2, 0) is 6.54 Å². The molecule has 30 heavy (non-hydrogen) atoms. The van der Waals surface area contributed by atoms with E-state index in [0.717, 1.165) is 22.1 Å². The van der Waals surface area contributed by atoms with Gasteiger partial charge < -0.3 is 4.42 Å². The van der Waals surface area contributed by atoms with E-state index < -0.39 is 5.56 Å². The van der Waals surface area contributed by atoms with E-state index in [2.05, 4.69) is 0 Å². The van der Waals surface area contributed by atoms with Crippen molar-refractivity contribution < 1.29 is 4.42 Å². The second kappa shape index (κ2) is 6.88. The van der Waals surface area contributed by atoms with Gasteiger partial charge in [-0.3, -0.25) is 9.36 Å². The summed E-state index contributed by atoms with van der Waals surface area (Å²) in [5, 5.41) is 0.755. The fraction of sp³-hybridized carbons (Fsp3) is 0.120. The molecule has 148 valence electrons. The Morgan fingerprint density at radius 1 is 0.833 bits per heavy atom. The average molecular weight is 396 g/mol. The molecule has 0 aliphatic rings. The molecular formula is C25H20N2O3. The van der Waals surface area contributed by atoms with Crippen molar-refractivity contribution in [3.63, 3.8) is 0 Å². The number of aryl methyl sites for hydroxylation is 2. The highest BCUT2D eigenvalue weighted by Crippen LogP contribution is 2.26. The molecule has 3 aromatic carbocycles. The van der Waals surface area contributed by atoms with Gasteiger partial charge in [-0.25, -0.2) is 9.36 Å². The molecule has 0 atom stereocenters. The predicted octanol–water partition coefficient (Wildman–Crippen LogP) is 4.56. The lowest BCUT2D eigenvalue weighted by atomic mass is 10.1. The van der Waals surface area contributed by atoms with E-state index in [1.54, 1.807) is 4.57 Å². The fourth-order valence-electron chi connectivity index (χ4n) is 4.07. The molecule has 5 heteroatoms. The van der Waals surface area contributed by atoms with Crippen LogP contribution in [0.25, 0.3) is 27.8 Å². The van der Waals surface area contributed by atoms with Crippen LogP contribution in [-0.4, -0.2) is 9.13 Å². The highest BCUT2D eigenvalue weighted by atomic mass is 16.3. The summed E-state index contributed by atoms with van der Waals surface area (Å²) in [6.45, 7) is 4.23. The molecule has 0 saturated carbocycles. The quantitative estimate of drug-likeness (QED) is 0.449. The van der Waals surface area contributed by atoms with E-state index >= 15 is 0 Å². The van der Waals surface area contributed by atoms with Crippen molar-refractivity contribution in [3.8, 4) is 5.69 Å². The summed E-state index contributed by atoms with van der Waals surface area (Å²) in [6, 6.07) is 22.9. The first-order valence-electron chi connectivity index (χ1n) is 9.82. The van der Waals surface area contributed by atoms with Gasteiger partial charge in [0.05, 0.1) is 12.2 Å². The first-order chi connectivity index (χ1) is 14.5. The summed E-state index contributed by atoms with van der Waals surface area (Å²) in [7, 11) is 0. The summed E-state index contributed by atoms with van der Waals surface area (Å²) < 4.78 is 8.80. The second-order valence-electron chi connectivity index (χ2n) is 7.62. The van der Waals surface area contributed by atoms with Gasteiger partial charge in [-0.15, -0.1) is 0 Å². The molecule has 5 rings (SSSR count). The van der Waals surface area contributed by atoms with Crippen LogP contribution in [0.5, 0.6) is 0 Å². The standard InChI is InChI=1S/C25H20N2O3/c1-16-12-17(2)14-19(13-16)27-24(28)23-22(20-10-6-7-11-21(20)30-23)26(25(27)29)15-18-8-4-3-5-9-18/h3-14H,15H2,1-2H3. The Balaban J connectivity index is 1.92. The maximum Gasteiger partial charge on any atom is 0.336 e. The van der Waals surface area contributed by atoms with Crippen molar-refractivity contribution in [3.05, 3.63) is 110 Å². The molecule has 2 aromatic heterocycles. The van der Waals surface area contributed by atoms with E-state index in [1.165, 1.54) is 4.57 Å². The van der Waals surface area contributed by atoms with Gasteiger partial charge in [-0.1, -0.05) is 48.5 Å². The van der Waals surface area contributed by atoms with E-state index in [9.17, 15) is 9.59 Å². The highest BCUT2D eigenvalue weighted by molar-refractivity contribution is 6.02. The van der Waals surface area contributed by atoms with Crippen molar-refractivity contribution in [1.29, 1.82) is 0 Å². The van der Waals surface area contributed by atoms with Crippen LogP contribution in [0.4, 0.5) is 0 Å². The van der Waals surface area contributed by atoms with Gasteiger partial charge in [-0.05, 0) is 54.8 Å². The Morgan fingerprint density at radius 2 is 1.50 bits per heavy atom. The third-order valence-corrected chi connectivity index (χ3v) is 5.31. The lowest BCUT2D eigenvalue weighted by Crippen LogP contribution is -2.39. The minimum atomic E-state index is -0.444. The third kappa shape index (κ3) is 2.87. The molecule has 5 nitrogen and oxygen atoms in total. The molecule has 0 radical (unpaired) electrons. The lowest BCUT2D eigenvalue weighted by molar-refractivity contribution is 0.638. The summed E-state index contributed by atoms with van der Waals surface area (Å²) in [6.07, 6.45) is 0. The Labute approximate surface area is 172 Å². The molecule has 0 aliphatic heterocycles. The van der Waals surface area contributed by atoms with Crippen molar-refractivity contribution in [2.24, 2.45) is 0 Å². The molecule has 0 saturated heterocycles. The maximum atomic E-state index is 13.7. The Hall–Kier alpha value is -3.86. The number of benzene rings is 3. The monoisotopic (exact) mass is 396 g/mol. The SMILES string of the molecule is Cc1cc(C)cc(-n2c(=O)c3oc4ccccc4c3n(Cc3ccccc3)c2=O)c1. The van der Waals surface area contributed by atoms with E-state index in [4.69, 9.17) is 4.42 Å². The number of aromatic nitrogens is 2. The number of hydrogen-bond acceptors (Lipinski definition) is 3. The molecule has 0 unspecified atom stereocenters. The van der Waals surface area contributed by atoms with Crippen LogP contribution in [0.2, 0.25) is 0 Å². The topological polar surface area (TPSA) is 57.1 Å². The Kier molecular flexibility index (Phi) is 4.17. The number of rotatable bonds is 3. The summed E-state index contributed by atoms with van der Waals surface area (Å²) in [5.41, 5.74) is 3.96. The van der Waals surface area contributed by atoms with Crippen molar-refractivity contribution in [2.45, 2.75) is 20.4 Å². The molecule has 0 bridgehead atoms. The van der Waals surface area contributed by atoms with Crippen molar-refractivity contribution in [1.82, 2.24) is 9.13 Å². The van der Waals surface area contributed by atoms with Crippen molar-refractivity contribution >= 4 is 22.1 Å². The highest BCUT2D eigenvalue weighted by Gasteiger charge is 2.21. The molecule has 0 N–H and O–H groups in total. The second-order valence-corrected chi connectivity index (χ2v) is 7.62. The summed E-state index contributed by atoms with van der Waals surface area (Å²) in [5.74, 6) is 0. The van der Waals surface area contributed by atoms with Crippen molar-refractivity contribution in [2.75, 3.05) is 0 Å². The lowest BCUT2D eigenvalue weighted by Gasteiger charge is -2.13. The molecule has 2 heterocycles. The van der Waals surface area contributed by atoms with Crippen LogP contribution in [0, 0.1) is 13.8 Å². The smallest absolute Gasteiger partial charge is 0.336 e. The number of para-hydroxylation sites is 1. The molecule has 0 aliphatic carbocycles. The fourth-order valence-corrected chi connectivity index (χ4v) is 4.07. The van der Waals surface area contributed by atoms with Gasteiger partial charge in [0.2, 0.25) is 5.58 Å². The van der Waals surface area contributed by atoms with Gasteiger partial charge in [0, 0.05) is 5.39 Å². The molecule has 0 fully saturated rings.